The van der Waals surface area contributed by atoms with Crippen LogP contribution in [0.25, 0.3) is 0 Å². The summed E-state index contributed by atoms with van der Waals surface area (Å²) in [5.74, 6) is -1.92. The Kier molecular flexibility index (Phi) is 18.8. The molecule has 0 saturated carbocycles. The fourth-order valence-electron chi connectivity index (χ4n) is 4.65. The molecule has 22 nitrogen and oxygen atoms in total. The maximum absolute atomic E-state index is 10.8. The summed E-state index contributed by atoms with van der Waals surface area (Å²) in [6.45, 7) is 2.19. The number of aliphatic hydroxyl groups is 15. The highest BCUT2D eigenvalue weighted by atomic mass is 16.7. The normalized spacial score (nSPS) is 45.9. The minimum absolute atomic E-state index is 0.0921. The minimum atomic E-state index is -1.65. The highest BCUT2D eigenvalue weighted by Gasteiger charge is 2.45. The molecule has 0 aromatic heterocycles. The van der Waals surface area contributed by atoms with Crippen molar-refractivity contribution in [1.82, 2.24) is 0 Å². The van der Waals surface area contributed by atoms with Crippen LogP contribution in [0.5, 0.6) is 0 Å². The van der Waals surface area contributed by atoms with E-state index >= 15 is 0 Å². The maximum atomic E-state index is 10.8. The number of ketones is 1. The summed E-state index contributed by atoms with van der Waals surface area (Å²) >= 11 is 0. The van der Waals surface area contributed by atoms with Crippen molar-refractivity contribution in [2.45, 2.75) is 137 Å². The minimum Gasteiger partial charge on any atom is -0.479 e. The molecule has 4 saturated heterocycles. The molecule has 22 heteroatoms. The van der Waals surface area contributed by atoms with Crippen LogP contribution in [0.15, 0.2) is 0 Å². The second kappa shape index (κ2) is 20.3. The third kappa shape index (κ3) is 12.3. The molecule has 0 spiro atoms. The summed E-state index contributed by atoms with van der Waals surface area (Å²) in [6.07, 6.45) is -22.4. The molecular formula is C26H48O22. The lowest BCUT2D eigenvalue weighted by Gasteiger charge is -2.37. The van der Waals surface area contributed by atoms with Crippen LogP contribution >= 0.6 is 0 Å². The largest absolute Gasteiger partial charge is 0.479 e. The summed E-state index contributed by atoms with van der Waals surface area (Å²) in [5, 5.41) is 144. The third-order valence-corrected chi connectivity index (χ3v) is 7.49. The molecule has 4 rings (SSSR count). The molecular weight excluding hydrogens is 664 g/mol. The average Bonchev–Trinajstić information content (AvgIpc) is 3.02. The molecule has 0 amide bonds. The molecule has 0 aromatic carbocycles. The number of aliphatic carboxylic acids is 1. The van der Waals surface area contributed by atoms with Crippen molar-refractivity contribution in [3.63, 3.8) is 0 Å². The smallest absolute Gasteiger partial charge is 0.335 e. The Morgan fingerprint density at radius 3 is 1.48 bits per heavy atom. The van der Waals surface area contributed by atoms with E-state index in [-0.39, 0.29) is 19.1 Å². The van der Waals surface area contributed by atoms with Gasteiger partial charge in [0.05, 0.1) is 31.5 Å². The van der Waals surface area contributed by atoms with E-state index in [4.69, 9.17) is 71.1 Å². The van der Waals surface area contributed by atoms with Crippen LogP contribution in [0, 0.1) is 0 Å². The highest BCUT2D eigenvalue weighted by Crippen LogP contribution is 2.22. The Morgan fingerprint density at radius 1 is 0.542 bits per heavy atom. The molecule has 4 aliphatic heterocycles. The molecule has 4 aliphatic rings. The van der Waals surface area contributed by atoms with Crippen LogP contribution in [0.3, 0.4) is 0 Å². The number of carboxylic acid groups (broad SMARTS) is 1. The van der Waals surface area contributed by atoms with E-state index in [1.165, 1.54) is 0 Å². The Labute approximate surface area is 272 Å². The van der Waals surface area contributed by atoms with Crippen LogP contribution in [-0.2, 0) is 28.5 Å². The summed E-state index contributed by atoms with van der Waals surface area (Å²) in [5.41, 5.74) is 0. The molecule has 284 valence electrons. The van der Waals surface area contributed by atoms with Crippen LogP contribution < -0.4 is 0 Å². The second-order valence-corrected chi connectivity index (χ2v) is 11.4. The molecule has 4 fully saturated rings. The van der Waals surface area contributed by atoms with Crippen molar-refractivity contribution >= 4 is 11.8 Å². The van der Waals surface area contributed by atoms with E-state index in [9.17, 15) is 24.9 Å². The van der Waals surface area contributed by atoms with E-state index in [0.29, 0.717) is 6.42 Å². The lowest BCUT2D eigenvalue weighted by molar-refractivity contribution is -0.286. The number of carboxylic acids is 1. The molecule has 0 aliphatic carbocycles. The number of hydrogen-bond acceptors (Lipinski definition) is 21. The van der Waals surface area contributed by atoms with Gasteiger partial charge in [0, 0.05) is 12.8 Å². The third-order valence-electron chi connectivity index (χ3n) is 7.49. The topological polar surface area (TPSA) is 395 Å². The van der Waals surface area contributed by atoms with Crippen molar-refractivity contribution in [2.75, 3.05) is 13.2 Å². The van der Waals surface area contributed by atoms with Crippen LogP contribution in [-0.4, -0.2) is 217 Å². The van der Waals surface area contributed by atoms with Gasteiger partial charge in [-0.05, 0) is 13.8 Å². The zero-order valence-corrected chi connectivity index (χ0v) is 25.8. The first kappa shape index (κ1) is 44.4. The molecule has 16 N–H and O–H groups in total. The first-order chi connectivity index (χ1) is 22.2. The zero-order chi connectivity index (χ0) is 37.2. The van der Waals surface area contributed by atoms with Gasteiger partial charge in [0.25, 0.3) is 0 Å². The van der Waals surface area contributed by atoms with E-state index in [0.717, 1.165) is 6.92 Å². The highest BCUT2D eigenvalue weighted by molar-refractivity contribution is 5.81. The number of carbonyl (C=O) groups is 2. The predicted octanol–water partition coefficient (Wildman–Crippen LogP) is -9.07. The van der Waals surface area contributed by atoms with E-state index in [1.807, 2.05) is 0 Å². The van der Waals surface area contributed by atoms with Crippen molar-refractivity contribution in [3.8, 4) is 0 Å². The standard InChI is InChI=1S/C7H12O6.C7H14O4.C6H12O6.C6H10O6/c1-2(8)6-4(10)3(9)5(11)7(12)13-6;1-4-2-5(9)7(10)6(3-8)11-4;7-1-2-3(8)4(9)5(10)6(11)12-2;7-2-1-3(8)12-5(4(2)9)6(10)11/h3-7,9-12H,1H3;4-10H,2-3H2,1H3;2-11H,1H2;2-5,7-9H,1H2,(H,10,11)/t3-,4?,5-,6?,7?;4?,5-,6?,7?;2?,3?,4-,5+,6?;2-,3?,4?,5?/m0101/s1. The number of Topliss-reactive ketones (excluding diaryl/α,β-unsaturated/α-hetero) is 1. The zero-order valence-electron chi connectivity index (χ0n) is 25.8. The number of hydrogen-bond donors (Lipinski definition) is 16. The number of carbonyl (C=O) groups excluding carboxylic acids is 1. The SMILES string of the molecule is CC(=O)C1OC(O)[C@@H](O)[C@@H](O)C1O.CC1C[C@@H](O)C(O)C(CO)O1.O=C(O)C1OC(O)C[C@@H](O)C1O.OCC1OC(O)[C@H](O)[C@@H](O)C1O. The monoisotopic (exact) mass is 712 g/mol. The molecule has 4 heterocycles. The van der Waals surface area contributed by atoms with E-state index < -0.39 is 123 Å². The Morgan fingerprint density at radius 2 is 1.00 bits per heavy atom. The van der Waals surface area contributed by atoms with Crippen LogP contribution in [0.1, 0.15) is 26.7 Å². The summed E-state index contributed by atoms with van der Waals surface area (Å²) in [7, 11) is 0. The summed E-state index contributed by atoms with van der Waals surface area (Å²) in [4.78, 5) is 21.2. The van der Waals surface area contributed by atoms with E-state index in [2.05, 4.69) is 14.2 Å². The van der Waals surface area contributed by atoms with Gasteiger partial charge < -0.3 is 101 Å². The van der Waals surface area contributed by atoms with Crippen LogP contribution in [0.2, 0.25) is 0 Å². The Hall–Kier alpha value is -1.62. The molecule has 12 unspecified atom stereocenters. The second-order valence-electron chi connectivity index (χ2n) is 11.4. The van der Waals surface area contributed by atoms with Crippen molar-refractivity contribution < 1.29 is 110 Å². The van der Waals surface area contributed by atoms with Gasteiger partial charge in [-0.15, -0.1) is 0 Å². The Bertz CT molecular complexity index is 954. The van der Waals surface area contributed by atoms with Gasteiger partial charge in [-0.2, -0.15) is 0 Å². The number of rotatable bonds is 4. The molecule has 0 aromatic rings. The van der Waals surface area contributed by atoms with Gasteiger partial charge in [0.2, 0.25) is 0 Å². The summed E-state index contributed by atoms with van der Waals surface area (Å²) < 4.78 is 18.8. The first-order valence-electron chi connectivity index (χ1n) is 14.6. The van der Waals surface area contributed by atoms with Gasteiger partial charge in [0.1, 0.15) is 67.1 Å². The molecule has 18 atom stereocenters. The molecule has 48 heavy (non-hydrogen) atoms. The molecule has 0 bridgehead atoms. The summed E-state index contributed by atoms with van der Waals surface area (Å²) in [6, 6.07) is 0. The average molecular weight is 713 g/mol. The van der Waals surface area contributed by atoms with Gasteiger partial charge in [-0.25, -0.2) is 4.79 Å². The fraction of sp³-hybridized carbons (Fsp3) is 0.923. The van der Waals surface area contributed by atoms with Crippen molar-refractivity contribution in [1.29, 1.82) is 0 Å². The van der Waals surface area contributed by atoms with Gasteiger partial charge >= 0.3 is 5.97 Å². The number of aliphatic hydroxyl groups excluding tert-OH is 15. The molecule has 0 radical (unpaired) electrons. The lowest BCUT2D eigenvalue weighted by atomic mass is 9.97. The van der Waals surface area contributed by atoms with Gasteiger partial charge in [-0.3, -0.25) is 4.79 Å². The maximum Gasteiger partial charge on any atom is 0.335 e. The van der Waals surface area contributed by atoms with Gasteiger partial charge in [0.15, 0.2) is 30.8 Å². The van der Waals surface area contributed by atoms with E-state index in [1.54, 1.807) is 6.92 Å². The van der Waals surface area contributed by atoms with Crippen LogP contribution in [0.4, 0.5) is 0 Å². The number of ether oxygens (including phenoxy) is 4. The lowest BCUT2D eigenvalue weighted by Crippen LogP contribution is -2.59. The quantitative estimate of drug-likeness (QED) is 0.129. The predicted molar refractivity (Wildman–Crippen MR) is 149 cm³/mol. The fourth-order valence-corrected chi connectivity index (χ4v) is 4.65. The van der Waals surface area contributed by atoms with Gasteiger partial charge in [-0.1, -0.05) is 0 Å². The Balaban J connectivity index is 0.000000320. The van der Waals surface area contributed by atoms with Crippen molar-refractivity contribution in [3.05, 3.63) is 0 Å². The van der Waals surface area contributed by atoms with Crippen molar-refractivity contribution in [2.24, 2.45) is 0 Å². The first-order valence-corrected chi connectivity index (χ1v) is 14.6.